The summed E-state index contributed by atoms with van der Waals surface area (Å²) in [6.45, 7) is 5.60. The lowest BCUT2D eigenvalue weighted by Crippen LogP contribution is -2.09. The van der Waals surface area contributed by atoms with Crippen LogP contribution >= 0.6 is 23.2 Å². The molecule has 102 valence electrons. The lowest BCUT2D eigenvalue weighted by atomic mass is 9.97. The van der Waals surface area contributed by atoms with E-state index in [2.05, 4.69) is 13.8 Å². The van der Waals surface area contributed by atoms with Gasteiger partial charge in [-0.05, 0) is 49.4 Å². The maximum atomic E-state index is 6.20. The van der Waals surface area contributed by atoms with E-state index < -0.39 is 0 Å². The van der Waals surface area contributed by atoms with E-state index in [1.165, 1.54) is 0 Å². The van der Waals surface area contributed by atoms with Crippen LogP contribution in [0.4, 0.5) is 0 Å². The fourth-order valence-electron chi connectivity index (χ4n) is 1.89. The monoisotopic (exact) mass is 289 g/mol. The topological polar surface area (TPSA) is 35.2 Å². The lowest BCUT2D eigenvalue weighted by molar-refractivity contribution is 0.312. The average Bonchev–Trinajstić information content (AvgIpc) is 2.28. The van der Waals surface area contributed by atoms with E-state index >= 15 is 0 Å². The largest absolute Gasteiger partial charge is 0.492 e. The van der Waals surface area contributed by atoms with Gasteiger partial charge in [0.25, 0.3) is 0 Å². The number of halogens is 2. The Morgan fingerprint density at radius 3 is 2.67 bits per heavy atom. The van der Waals surface area contributed by atoms with E-state index in [-0.39, 0.29) is 0 Å². The van der Waals surface area contributed by atoms with Gasteiger partial charge in [-0.1, -0.05) is 37.0 Å². The number of hydrogen-bond donors (Lipinski definition) is 1. The van der Waals surface area contributed by atoms with Gasteiger partial charge in [-0.2, -0.15) is 0 Å². The highest BCUT2D eigenvalue weighted by molar-refractivity contribution is 6.35. The van der Waals surface area contributed by atoms with Crippen LogP contribution in [0.15, 0.2) is 12.1 Å². The Bertz CT molecular complexity index is 382. The van der Waals surface area contributed by atoms with Crippen molar-refractivity contribution in [1.82, 2.24) is 0 Å². The van der Waals surface area contributed by atoms with Crippen molar-refractivity contribution in [2.75, 3.05) is 13.2 Å². The maximum absolute atomic E-state index is 6.20. The van der Waals surface area contributed by atoms with Gasteiger partial charge in [0, 0.05) is 5.02 Å². The Balaban J connectivity index is 2.91. The van der Waals surface area contributed by atoms with Crippen molar-refractivity contribution in [2.24, 2.45) is 11.7 Å². The summed E-state index contributed by atoms with van der Waals surface area (Å²) < 4.78 is 5.73. The second kappa shape index (κ2) is 7.88. The minimum atomic E-state index is 0.494. The lowest BCUT2D eigenvalue weighted by Gasteiger charge is -2.16. The smallest absolute Gasteiger partial charge is 0.141 e. The first-order valence-electron chi connectivity index (χ1n) is 6.39. The van der Waals surface area contributed by atoms with Crippen LogP contribution in [-0.2, 0) is 6.42 Å². The molecule has 0 aliphatic rings. The van der Waals surface area contributed by atoms with Crippen LogP contribution in [0.1, 0.15) is 32.3 Å². The van der Waals surface area contributed by atoms with Crippen LogP contribution in [0.3, 0.4) is 0 Å². The Labute approximate surface area is 119 Å². The van der Waals surface area contributed by atoms with Crippen molar-refractivity contribution < 1.29 is 4.74 Å². The van der Waals surface area contributed by atoms with E-state index in [9.17, 15) is 0 Å². The molecule has 0 aliphatic carbocycles. The van der Waals surface area contributed by atoms with Crippen LogP contribution in [0, 0.1) is 5.92 Å². The predicted molar refractivity (Wildman–Crippen MR) is 78.8 cm³/mol. The summed E-state index contributed by atoms with van der Waals surface area (Å²) in [6, 6.07) is 3.66. The quantitative estimate of drug-likeness (QED) is 0.812. The molecule has 0 spiro atoms. The first-order valence-corrected chi connectivity index (χ1v) is 7.14. The van der Waals surface area contributed by atoms with Crippen molar-refractivity contribution in [3.63, 3.8) is 0 Å². The Morgan fingerprint density at radius 1 is 1.33 bits per heavy atom. The summed E-state index contributed by atoms with van der Waals surface area (Å²) >= 11 is 12.2. The highest BCUT2D eigenvalue weighted by Crippen LogP contribution is 2.34. The molecule has 0 saturated heterocycles. The van der Waals surface area contributed by atoms with Gasteiger partial charge in [0.15, 0.2) is 0 Å². The van der Waals surface area contributed by atoms with Crippen molar-refractivity contribution >= 4 is 23.2 Å². The molecule has 2 N–H and O–H groups in total. The van der Waals surface area contributed by atoms with E-state index in [0.717, 1.165) is 30.6 Å². The molecule has 0 bridgehead atoms. The van der Waals surface area contributed by atoms with Gasteiger partial charge >= 0.3 is 0 Å². The molecule has 0 aliphatic heterocycles. The third-order valence-corrected chi connectivity index (χ3v) is 3.26. The SMILES string of the molecule is CCCOc1c(Cl)cc(Cl)cc1CC(C)CCN. The summed E-state index contributed by atoms with van der Waals surface area (Å²) in [6.07, 6.45) is 2.82. The van der Waals surface area contributed by atoms with Crippen LogP contribution in [-0.4, -0.2) is 13.2 Å². The molecule has 0 amide bonds. The summed E-state index contributed by atoms with van der Waals surface area (Å²) in [4.78, 5) is 0. The molecule has 0 saturated carbocycles. The molecular formula is C14H21Cl2NO. The third kappa shape index (κ3) is 4.68. The molecule has 0 aromatic heterocycles. The van der Waals surface area contributed by atoms with Gasteiger partial charge in [-0.15, -0.1) is 0 Å². The van der Waals surface area contributed by atoms with Gasteiger partial charge < -0.3 is 10.5 Å². The number of rotatable bonds is 7. The molecular weight excluding hydrogens is 269 g/mol. The molecule has 1 rings (SSSR count). The zero-order valence-corrected chi connectivity index (χ0v) is 12.5. The van der Waals surface area contributed by atoms with Crippen LogP contribution in [0.5, 0.6) is 5.75 Å². The first kappa shape index (κ1) is 15.6. The van der Waals surface area contributed by atoms with E-state index in [4.69, 9.17) is 33.7 Å². The van der Waals surface area contributed by atoms with Crippen molar-refractivity contribution in [3.8, 4) is 5.75 Å². The Kier molecular flexibility index (Phi) is 6.83. The molecule has 18 heavy (non-hydrogen) atoms. The average molecular weight is 290 g/mol. The molecule has 0 heterocycles. The minimum absolute atomic E-state index is 0.494. The van der Waals surface area contributed by atoms with Crippen molar-refractivity contribution in [1.29, 1.82) is 0 Å². The fraction of sp³-hybridized carbons (Fsp3) is 0.571. The van der Waals surface area contributed by atoms with Crippen molar-refractivity contribution in [2.45, 2.75) is 33.1 Å². The van der Waals surface area contributed by atoms with Gasteiger partial charge in [0.05, 0.1) is 11.6 Å². The predicted octanol–water partition coefficient (Wildman–Crippen LogP) is 4.31. The zero-order chi connectivity index (χ0) is 13.5. The number of benzene rings is 1. The number of ether oxygens (including phenoxy) is 1. The highest BCUT2D eigenvalue weighted by Gasteiger charge is 2.13. The molecule has 4 heteroatoms. The molecule has 1 atom stereocenters. The minimum Gasteiger partial charge on any atom is -0.492 e. The number of hydrogen-bond acceptors (Lipinski definition) is 2. The molecule has 1 aromatic rings. The van der Waals surface area contributed by atoms with Crippen LogP contribution < -0.4 is 10.5 Å². The summed E-state index contributed by atoms with van der Waals surface area (Å²) in [5.74, 6) is 1.26. The van der Waals surface area contributed by atoms with Crippen molar-refractivity contribution in [3.05, 3.63) is 27.7 Å². The van der Waals surface area contributed by atoms with E-state index in [1.54, 1.807) is 6.07 Å². The standard InChI is InChI=1S/C14H21Cl2NO/c1-3-6-18-14-11(7-10(2)4-5-17)8-12(15)9-13(14)16/h8-10H,3-7,17H2,1-2H3. The van der Waals surface area contributed by atoms with E-state index in [0.29, 0.717) is 29.1 Å². The van der Waals surface area contributed by atoms with Gasteiger partial charge in [-0.3, -0.25) is 0 Å². The molecule has 0 fully saturated rings. The molecule has 2 nitrogen and oxygen atoms in total. The third-order valence-electron chi connectivity index (χ3n) is 2.76. The summed E-state index contributed by atoms with van der Waals surface area (Å²) in [5.41, 5.74) is 6.65. The molecule has 0 radical (unpaired) electrons. The molecule has 1 aromatic carbocycles. The Morgan fingerprint density at radius 2 is 2.06 bits per heavy atom. The van der Waals surface area contributed by atoms with Crippen LogP contribution in [0.25, 0.3) is 0 Å². The second-order valence-electron chi connectivity index (χ2n) is 4.61. The second-order valence-corrected chi connectivity index (χ2v) is 5.45. The number of nitrogens with two attached hydrogens (primary N) is 1. The van der Waals surface area contributed by atoms with Gasteiger partial charge in [0.2, 0.25) is 0 Å². The summed E-state index contributed by atoms with van der Waals surface area (Å²) in [5, 5.41) is 1.24. The normalized spacial score (nSPS) is 12.5. The van der Waals surface area contributed by atoms with Gasteiger partial charge in [-0.25, -0.2) is 0 Å². The molecule has 1 unspecified atom stereocenters. The van der Waals surface area contributed by atoms with Crippen LogP contribution in [0.2, 0.25) is 10.0 Å². The summed E-state index contributed by atoms with van der Waals surface area (Å²) in [7, 11) is 0. The van der Waals surface area contributed by atoms with E-state index in [1.807, 2.05) is 6.07 Å². The maximum Gasteiger partial charge on any atom is 0.141 e. The zero-order valence-electron chi connectivity index (χ0n) is 11.0. The fourth-order valence-corrected chi connectivity index (χ4v) is 2.48. The Hall–Kier alpha value is -0.440. The van der Waals surface area contributed by atoms with Gasteiger partial charge in [0.1, 0.15) is 5.75 Å². The first-order chi connectivity index (χ1) is 8.58. The highest BCUT2D eigenvalue weighted by atomic mass is 35.5.